The predicted molar refractivity (Wildman–Crippen MR) is 85.4 cm³/mol. The van der Waals surface area contributed by atoms with Gasteiger partial charge in [-0.05, 0) is 42.8 Å². The van der Waals surface area contributed by atoms with Crippen LogP contribution in [0.25, 0.3) is 6.08 Å². The third kappa shape index (κ3) is 4.12. The minimum absolute atomic E-state index is 0.441. The molecule has 4 nitrogen and oxygen atoms in total. The molecule has 0 heterocycles. The molecule has 22 heavy (non-hydrogen) atoms. The van der Waals surface area contributed by atoms with E-state index in [4.69, 9.17) is 14.2 Å². The van der Waals surface area contributed by atoms with E-state index in [9.17, 15) is 4.79 Å². The van der Waals surface area contributed by atoms with E-state index < -0.39 is 5.97 Å². The molecule has 0 aliphatic heterocycles. The molecule has 0 spiro atoms. The van der Waals surface area contributed by atoms with Crippen LogP contribution >= 0.6 is 0 Å². The number of hydrogen-bond donors (Lipinski definition) is 0. The fourth-order valence-electron chi connectivity index (χ4n) is 1.94. The number of hydrogen-bond acceptors (Lipinski definition) is 4. The summed E-state index contributed by atoms with van der Waals surface area (Å²) in [6, 6.07) is 12.7. The van der Waals surface area contributed by atoms with Gasteiger partial charge in [0, 0.05) is 17.7 Å². The van der Waals surface area contributed by atoms with Gasteiger partial charge in [-0.15, -0.1) is 0 Å². The minimum Gasteiger partial charge on any atom is -0.497 e. The van der Waals surface area contributed by atoms with E-state index in [1.54, 1.807) is 44.6 Å². The number of carbonyl (C=O) groups is 1. The fraction of sp³-hybridized carbons (Fsp3) is 0.167. The lowest BCUT2D eigenvalue weighted by atomic mass is 10.1. The minimum atomic E-state index is -0.441. The summed E-state index contributed by atoms with van der Waals surface area (Å²) in [6.45, 7) is 1.94. The number of aryl methyl sites for hydroxylation is 1. The van der Waals surface area contributed by atoms with Crippen molar-refractivity contribution < 1.29 is 19.0 Å². The molecular formula is C18H18O4. The van der Waals surface area contributed by atoms with Gasteiger partial charge in [0.25, 0.3) is 0 Å². The second-order valence-corrected chi connectivity index (χ2v) is 4.68. The van der Waals surface area contributed by atoms with Crippen molar-refractivity contribution in [1.29, 1.82) is 0 Å². The first-order valence-corrected chi connectivity index (χ1v) is 6.81. The zero-order valence-corrected chi connectivity index (χ0v) is 12.8. The van der Waals surface area contributed by atoms with Crippen LogP contribution in [0.2, 0.25) is 0 Å². The van der Waals surface area contributed by atoms with Crippen molar-refractivity contribution in [3.8, 4) is 17.2 Å². The predicted octanol–water partition coefficient (Wildman–Crippen LogP) is 3.63. The molecule has 0 aliphatic rings. The number of benzene rings is 2. The molecular weight excluding hydrogens is 280 g/mol. The van der Waals surface area contributed by atoms with Crippen molar-refractivity contribution in [1.82, 2.24) is 0 Å². The third-order valence-corrected chi connectivity index (χ3v) is 3.05. The molecule has 0 saturated heterocycles. The van der Waals surface area contributed by atoms with Gasteiger partial charge in [-0.1, -0.05) is 12.1 Å². The largest absolute Gasteiger partial charge is 0.497 e. The van der Waals surface area contributed by atoms with Gasteiger partial charge >= 0.3 is 5.97 Å². The van der Waals surface area contributed by atoms with Crippen LogP contribution in [-0.4, -0.2) is 20.2 Å². The van der Waals surface area contributed by atoms with E-state index in [-0.39, 0.29) is 0 Å². The average molecular weight is 298 g/mol. The van der Waals surface area contributed by atoms with Crippen LogP contribution in [0.1, 0.15) is 11.1 Å². The Bertz CT molecular complexity index is 689. The van der Waals surface area contributed by atoms with Crippen molar-refractivity contribution in [2.45, 2.75) is 6.92 Å². The van der Waals surface area contributed by atoms with E-state index in [2.05, 4.69) is 0 Å². The molecule has 0 N–H and O–H groups in total. The summed E-state index contributed by atoms with van der Waals surface area (Å²) < 4.78 is 15.6. The Balaban J connectivity index is 2.09. The van der Waals surface area contributed by atoms with Crippen LogP contribution in [0.5, 0.6) is 17.2 Å². The maximum absolute atomic E-state index is 11.8. The average Bonchev–Trinajstić information content (AvgIpc) is 2.52. The molecule has 0 amide bonds. The van der Waals surface area contributed by atoms with E-state index in [0.717, 1.165) is 11.1 Å². The standard InChI is InChI=1S/C18H18O4/c1-13-5-4-6-16(11-13)22-18(19)10-8-14-7-9-15(20-2)12-17(14)21-3/h4-12H,1-3H3. The number of ether oxygens (including phenoxy) is 3. The number of carbonyl (C=O) groups excluding carboxylic acids is 1. The summed E-state index contributed by atoms with van der Waals surface area (Å²) in [5.74, 6) is 1.40. The Labute approximate surface area is 129 Å². The number of methoxy groups -OCH3 is 2. The SMILES string of the molecule is COc1ccc(C=CC(=O)Oc2cccc(C)c2)c(OC)c1. The summed E-state index contributed by atoms with van der Waals surface area (Å²) in [5.41, 5.74) is 1.80. The number of esters is 1. The lowest BCUT2D eigenvalue weighted by Crippen LogP contribution is -2.03. The van der Waals surface area contributed by atoms with Crippen molar-refractivity contribution in [2.24, 2.45) is 0 Å². The highest BCUT2D eigenvalue weighted by Crippen LogP contribution is 2.25. The topological polar surface area (TPSA) is 44.8 Å². The molecule has 2 aromatic rings. The molecule has 114 valence electrons. The van der Waals surface area contributed by atoms with Gasteiger partial charge in [-0.3, -0.25) is 0 Å². The lowest BCUT2D eigenvalue weighted by Gasteiger charge is -2.07. The molecule has 0 aromatic heterocycles. The quantitative estimate of drug-likeness (QED) is 0.480. The molecule has 0 bridgehead atoms. The van der Waals surface area contributed by atoms with E-state index in [1.807, 2.05) is 25.1 Å². The highest BCUT2D eigenvalue weighted by Gasteiger charge is 2.04. The molecule has 0 saturated carbocycles. The van der Waals surface area contributed by atoms with E-state index >= 15 is 0 Å². The van der Waals surface area contributed by atoms with Crippen LogP contribution in [0.3, 0.4) is 0 Å². The molecule has 2 aromatic carbocycles. The third-order valence-electron chi connectivity index (χ3n) is 3.05. The number of rotatable bonds is 5. The maximum Gasteiger partial charge on any atom is 0.336 e. The zero-order chi connectivity index (χ0) is 15.9. The molecule has 0 aliphatic carbocycles. The van der Waals surface area contributed by atoms with Gasteiger partial charge in [-0.2, -0.15) is 0 Å². The van der Waals surface area contributed by atoms with Gasteiger partial charge in [0.2, 0.25) is 0 Å². The summed E-state index contributed by atoms with van der Waals surface area (Å²) in [7, 11) is 3.15. The van der Waals surface area contributed by atoms with Gasteiger partial charge in [0.1, 0.15) is 17.2 Å². The Kier molecular flexibility index (Phi) is 5.20. The first kappa shape index (κ1) is 15.6. The van der Waals surface area contributed by atoms with Crippen molar-refractivity contribution in [3.63, 3.8) is 0 Å². The maximum atomic E-state index is 11.8. The van der Waals surface area contributed by atoms with Crippen LogP contribution in [-0.2, 0) is 4.79 Å². The van der Waals surface area contributed by atoms with Crippen LogP contribution in [0.15, 0.2) is 48.5 Å². The Hall–Kier alpha value is -2.75. The first-order chi connectivity index (χ1) is 10.6. The van der Waals surface area contributed by atoms with Crippen molar-refractivity contribution in [3.05, 3.63) is 59.7 Å². The van der Waals surface area contributed by atoms with E-state index in [0.29, 0.717) is 17.2 Å². The second-order valence-electron chi connectivity index (χ2n) is 4.68. The van der Waals surface area contributed by atoms with Gasteiger partial charge in [-0.25, -0.2) is 4.79 Å². The monoisotopic (exact) mass is 298 g/mol. The fourth-order valence-corrected chi connectivity index (χ4v) is 1.94. The van der Waals surface area contributed by atoms with Gasteiger partial charge in [0.15, 0.2) is 0 Å². The first-order valence-electron chi connectivity index (χ1n) is 6.81. The summed E-state index contributed by atoms with van der Waals surface area (Å²) in [6.07, 6.45) is 3.02. The smallest absolute Gasteiger partial charge is 0.336 e. The lowest BCUT2D eigenvalue weighted by molar-refractivity contribution is -0.128. The van der Waals surface area contributed by atoms with E-state index in [1.165, 1.54) is 6.08 Å². The van der Waals surface area contributed by atoms with Gasteiger partial charge < -0.3 is 14.2 Å². The normalized spacial score (nSPS) is 10.5. The highest BCUT2D eigenvalue weighted by molar-refractivity contribution is 5.89. The van der Waals surface area contributed by atoms with Crippen molar-refractivity contribution >= 4 is 12.0 Å². The Morgan fingerprint density at radius 1 is 1.00 bits per heavy atom. The van der Waals surface area contributed by atoms with Crippen LogP contribution < -0.4 is 14.2 Å². The van der Waals surface area contributed by atoms with Crippen LogP contribution in [0, 0.1) is 6.92 Å². The summed E-state index contributed by atoms with van der Waals surface area (Å²) >= 11 is 0. The summed E-state index contributed by atoms with van der Waals surface area (Å²) in [4.78, 5) is 11.8. The molecule has 0 radical (unpaired) electrons. The van der Waals surface area contributed by atoms with Crippen LogP contribution in [0.4, 0.5) is 0 Å². The molecule has 2 rings (SSSR count). The van der Waals surface area contributed by atoms with Crippen molar-refractivity contribution in [2.75, 3.05) is 14.2 Å². The molecule has 0 atom stereocenters. The Morgan fingerprint density at radius 3 is 2.50 bits per heavy atom. The van der Waals surface area contributed by atoms with Gasteiger partial charge in [0.05, 0.1) is 14.2 Å². The highest BCUT2D eigenvalue weighted by atomic mass is 16.5. The molecule has 4 heteroatoms. The Morgan fingerprint density at radius 2 is 1.82 bits per heavy atom. The summed E-state index contributed by atoms with van der Waals surface area (Å²) in [5, 5.41) is 0. The molecule has 0 fully saturated rings. The zero-order valence-electron chi connectivity index (χ0n) is 12.8. The molecule has 0 unspecified atom stereocenters. The second kappa shape index (κ2) is 7.31.